The molecule has 7 fully saturated rings. The van der Waals surface area contributed by atoms with Gasteiger partial charge in [-0.1, -0.05) is 251 Å². The van der Waals surface area contributed by atoms with Gasteiger partial charge in [0, 0.05) is 0 Å². The van der Waals surface area contributed by atoms with Gasteiger partial charge in [-0.15, -0.1) is 0 Å². The number of urea groups is 6. The Kier molecular flexibility index (Phi) is 30.7. The van der Waals surface area contributed by atoms with Gasteiger partial charge in [0.1, 0.15) is 35.5 Å². The number of carbonyl (C=O) groups excluding carboxylic acids is 18. The molecule has 6 saturated heterocycles. The predicted octanol–water partition coefficient (Wildman–Crippen LogP) is 17.0. The van der Waals surface area contributed by atoms with Crippen molar-refractivity contribution < 1.29 is 86.3 Å². The predicted molar refractivity (Wildman–Crippen MR) is 500 cm³/mol. The van der Waals surface area contributed by atoms with Crippen LogP contribution >= 0.6 is 0 Å². The number of rotatable bonds is 15. The lowest BCUT2D eigenvalue weighted by molar-refractivity contribution is -0.149. The molecular formula is C104H94N12O18. The van der Waals surface area contributed by atoms with Crippen molar-refractivity contribution in [3.8, 4) is 0 Å². The Morgan fingerprint density at radius 1 is 0.231 bits per heavy atom. The fourth-order valence-corrected chi connectivity index (χ4v) is 15.9. The van der Waals surface area contributed by atoms with Gasteiger partial charge < -0.3 is 0 Å². The Bertz CT molecular complexity index is 5580. The summed E-state index contributed by atoms with van der Waals surface area (Å²) in [6, 6.07) is 92.5. The summed E-state index contributed by atoms with van der Waals surface area (Å²) in [4.78, 5) is 237. The van der Waals surface area contributed by atoms with E-state index in [1.54, 1.807) is 281 Å². The number of para-hydroxylation sites is 9. The Morgan fingerprint density at radius 3 is 0.657 bits per heavy atom. The number of carbonyl (C=O) groups is 18. The van der Waals surface area contributed by atoms with Gasteiger partial charge in [-0.3, -0.25) is 72.7 Å². The van der Waals surface area contributed by atoms with Gasteiger partial charge in [0.25, 0.3) is 0 Å². The van der Waals surface area contributed by atoms with Gasteiger partial charge in [0.15, 0.2) is 0 Å². The summed E-state index contributed by atoms with van der Waals surface area (Å²) in [6.07, 6.45) is 5.33. The van der Waals surface area contributed by atoms with Crippen LogP contribution in [-0.2, 0) is 70.6 Å². The molecule has 0 radical (unpaired) electrons. The molecule has 0 spiro atoms. The number of nitrogens with one attached hydrogen (secondary N) is 1. The summed E-state index contributed by atoms with van der Waals surface area (Å²) in [5.74, 6) is -10.8. The number of anilines is 9. The summed E-state index contributed by atoms with van der Waals surface area (Å²) in [7, 11) is 0. The van der Waals surface area contributed by atoms with E-state index in [4.69, 9.17) is 0 Å². The van der Waals surface area contributed by atoms with Crippen molar-refractivity contribution >= 4 is 158 Å². The highest BCUT2D eigenvalue weighted by molar-refractivity contribution is 6.40. The maximum absolute atomic E-state index is 12.8. The molecular weight excluding hydrogens is 1710 g/mol. The van der Waals surface area contributed by atoms with Crippen molar-refractivity contribution in [2.45, 2.75) is 86.2 Å². The molecule has 7 aliphatic rings. The first-order valence-electron chi connectivity index (χ1n) is 43.5. The van der Waals surface area contributed by atoms with Crippen LogP contribution < -0.4 is 49.4 Å². The molecule has 11 aromatic carbocycles. The fraction of sp³-hybridized carbons (Fsp3) is 0.192. The quantitative estimate of drug-likeness (QED) is 0.0932. The number of barbiturate groups is 6. The zero-order chi connectivity index (χ0) is 95.4. The molecule has 134 heavy (non-hydrogen) atoms. The summed E-state index contributed by atoms with van der Waals surface area (Å²) in [5, 5.41) is 2.33. The van der Waals surface area contributed by atoms with Crippen LogP contribution in [0.15, 0.2) is 334 Å². The Labute approximate surface area is 772 Å². The third-order valence-electron chi connectivity index (χ3n) is 23.1. The molecule has 0 bridgehead atoms. The lowest BCUT2D eigenvalue weighted by Crippen LogP contribution is -2.60. The Hall–Kier alpha value is -16.9. The second-order valence-corrected chi connectivity index (χ2v) is 31.8. The molecule has 1 atom stereocenters. The van der Waals surface area contributed by atoms with Crippen LogP contribution in [-0.4, -0.2) is 117 Å². The lowest BCUT2D eigenvalue weighted by Gasteiger charge is -2.36. The molecule has 1 aliphatic carbocycles. The lowest BCUT2D eigenvalue weighted by atomic mass is 9.78. The van der Waals surface area contributed by atoms with Crippen molar-refractivity contribution in [3.63, 3.8) is 0 Å². The van der Waals surface area contributed by atoms with Crippen LogP contribution in [0.4, 0.5) is 80.0 Å². The second kappa shape index (κ2) is 43.5. The largest absolute Gasteiger partial charge is 0.342 e. The third-order valence-corrected chi connectivity index (χ3v) is 23.1. The maximum atomic E-state index is 12.8. The smallest absolute Gasteiger partial charge is 0.277 e. The summed E-state index contributed by atoms with van der Waals surface area (Å²) >= 11 is 0. The summed E-state index contributed by atoms with van der Waals surface area (Å²) < 4.78 is 0. The average Bonchev–Trinajstić information content (AvgIpc) is 0.775. The SMILES string of the molecule is CC1C(=O)N(Cc2ccccc2)C(=O)N(Cc2ccccc2)C1=O.CC1C(=O)N(c2ccccc2)C(=O)N(c2ccccc2)C1=O.CC1C(=O)N(c2ccccc2)C(=O)N(c2ccccc2)C1=O.CC1C(=O)N(c2ccccc2)C(=O)N(c2ccccc2)C1=O.CCC1C(=O)N(c2ccccc2)C(=O)N(c2ccccc2)C1=O.O=C1NC(=O)N(c2ccccc2)C(=O)C1C1CCCCC1. The van der Waals surface area contributed by atoms with Crippen molar-refractivity contribution in [3.05, 3.63) is 345 Å². The van der Waals surface area contributed by atoms with E-state index in [9.17, 15) is 86.3 Å². The first kappa shape index (κ1) is 94.7. The molecule has 6 aliphatic heterocycles. The van der Waals surface area contributed by atoms with E-state index in [-0.39, 0.29) is 24.9 Å². The number of amides is 24. The van der Waals surface area contributed by atoms with Crippen LogP contribution in [0, 0.1) is 41.4 Å². The van der Waals surface area contributed by atoms with Gasteiger partial charge in [0.2, 0.25) is 70.9 Å². The van der Waals surface area contributed by atoms with Crippen LogP contribution in [0.3, 0.4) is 0 Å². The highest BCUT2D eigenvalue weighted by Crippen LogP contribution is 2.38. The van der Waals surface area contributed by atoms with E-state index in [0.29, 0.717) is 57.6 Å². The monoisotopic (exact) mass is 1800 g/mol. The van der Waals surface area contributed by atoms with E-state index in [1.807, 2.05) is 66.7 Å². The zero-order valence-corrected chi connectivity index (χ0v) is 73.7. The Morgan fingerprint density at radius 2 is 0.433 bits per heavy atom. The van der Waals surface area contributed by atoms with Crippen molar-refractivity contribution in [1.82, 2.24) is 15.1 Å². The van der Waals surface area contributed by atoms with Crippen LogP contribution in [0.1, 0.15) is 84.3 Å². The van der Waals surface area contributed by atoms with Gasteiger partial charge in [-0.05, 0) is 173 Å². The number of hydrogen-bond acceptors (Lipinski definition) is 18. The molecule has 1 N–H and O–H groups in total. The molecule has 18 rings (SSSR count). The topological polar surface area (TPSA) is 355 Å². The minimum atomic E-state index is -0.905. The number of nitrogens with zero attached hydrogens (tertiary/aromatic N) is 11. The van der Waals surface area contributed by atoms with Crippen LogP contribution in [0.5, 0.6) is 0 Å². The van der Waals surface area contributed by atoms with E-state index >= 15 is 0 Å². The van der Waals surface area contributed by atoms with Crippen LogP contribution in [0.25, 0.3) is 0 Å². The summed E-state index contributed by atoms with van der Waals surface area (Å²) in [6.45, 7) is 8.20. The van der Waals surface area contributed by atoms with E-state index < -0.39 is 137 Å². The second-order valence-electron chi connectivity index (χ2n) is 31.8. The molecule has 678 valence electrons. The van der Waals surface area contributed by atoms with E-state index in [2.05, 4.69) is 5.32 Å². The fourth-order valence-electron chi connectivity index (χ4n) is 15.9. The molecule has 30 heteroatoms. The van der Waals surface area contributed by atoms with Gasteiger partial charge in [-0.25, -0.2) is 72.9 Å². The Balaban J connectivity index is 0.000000136. The van der Waals surface area contributed by atoms with Crippen molar-refractivity contribution in [2.75, 3.05) is 44.1 Å². The molecule has 11 aromatic rings. The van der Waals surface area contributed by atoms with E-state index in [1.165, 1.54) is 20.8 Å². The van der Waals surface area contributed by atoms with E-state index in [0.717, 1.165) is 97.1 Å². The molecule has 0 aromatic heterocycles. The number of benzene rings is 11. The molecule has 1 unspecified atom stereocenters. The third kappa shape index (κ3) is 20.7. The highest BCUT2D eigenvalue weighted by atomic mass is 16.2. The van der Waals surface area contributed by atoms with Gasteiger partial charge >= 0.3 is 36.2 Å². The maximum Gasteiger partial charge on any atom is 0.342 e. The van der Waals surface area contributed by atoms with Gasteiger partial charge in [-0.2, -0.15) is 0 Å². The minimum absolute atomic E-state index is 0.0468. The van der Waals surface area contributed by atoms with Crippen molar-refractivity contribution in [2.24, 2.45) is 41.4 Å². The normalized spacial score (nSPS) is 17.4. The first-order chi connectivity index (χ1) is 64.7. The average molecular weight is 1800 g/mol. The van der Waals surface area contributed by atoms with Gasteiger partial charge in [0.05, 0.1) is 64.3 Å². The standard InChI is InChI=1S/C19H18N2O3.C18H16N2O3.3C17H14N2O3.C16H18N2O3/c1-14-17(22)20(12-15-8-4-2-5-9-15)19(24)21(18(14)23)13-16-10-6-3-7-11-16;1-2-15-16(21)19(13-9-5-3-6-10-13)18(23)20(17(15)22)14-11-7-4-8-12-14;3*1-12-15(20)18(13-8-4-2-5-9-13)17(22)19(16(12)21)14-10-6-3-7-11-14;19-14-13(11-7-3-1-4-8-11)15(20)18(16(21)17-14)12-9-5-2-6-10-12/h2-11,14H,12-13H2,1H3;3-12,15H,2H2,1H3;3*2-12H,1H3;2,5-6,9-11,13H,1,3-4,7-8H2,(H,17,19,21). The summed E-state index contributed by atoms with van der Waals surface area (Å²) in [5.41, 5.74) is 5.87. The first-order valence-corrected chi connectivity index (χ1v) is 43.5. The molecule has 30 nitrogen and oxygen atoms in total. The molecule has 1 saturated carbocycles. The number of hydrogen-bond donors (Lipinski definition) is 1. The minimum Gasteiger partial charge on any atom is -0.277 e. The zero-order valence-electron chi connectivity index (χ0n) is 73.7. The van der Waals surface area contributed by atoms with Crippen molar-refractivity contribution in [1.29, 1.82) is 0 Å². The number of imide groups is 12. The highest BCUT2D eigenvalue weighted by Gasteiger charge is 2.51. The van der Waals surface area contributed by atoms with Crippen LogP contribution in [0.2, 0.25) is 0 Å². The molecule has 6 heterocycles. The molecule has 24 amide bonds.